The lowest BCUT2D eigenvalue weighted by atomic mass is 10.0. The number of fused-ring (bicyclic) bond motifs is 1. The number of carbonyl (C=O) groups is 1. The Bertz CT molecular complexity index is 1350. The van der Waals surface area contributed by atoms with Crippen molar-refractivity contribution in [3.63, 3.8) is 0 Å². The minimum absolute atomic E-state index is 0.201. The lowest BCUT2D eigenvalue weighted by molar-refractivity contribution is 0.112. The molecule has 5 rings (SSSR count). The van der Waals surface area contributed by atoms with Gasteiger partial charge in [0.15, 0.2) is 0 Å². The van der Waals surface area contributed by atoms with Gasteiger partial charge in [-0.2, -0.15) is 0 Å². The third kappa shape index (κ3) is 4.33. The van der Waals surface area contributed by atoms with Crippen molar-refractivity contribution >= 4 is 40.9 Å². The molecule has 9 heteroatoms. The predicted octanol–water partition coefficient (Wildman–Crippen LogP) is 5.08. The molecule has 0 fully saturated rings. The zero-order chi connectivity index (χ0) is 22.5. The van der Waals surface area contributed by atoms with Crippen molar-refractivity contribution in [3.05, 3.63) is 96.4 Å². The fourth-order valence-corrected chi connectivity index (χ4v) is 3.37. The SMILES string of the molecule is O=Cc1cc2ccccc2cc1COC=Cc1ccc(N(c2nnco2)c2nnco2)cc1. The van der Waals surface area contributed by atoms with Gasteiger partial charge >= 0.3 is 12.0 Å². The van der Waals surface area contributed by atoms with Gasteiger partial charge in [-0.25, -0.2) is 4.90 Å². The highest BCUT2D eigenvalue weighted by Crippen LogP contribution is 2.31. The van der Waals surface area contributed by atoms with Crippen LogP contribution < -0.4 is 4.90 Å². The predicted molar refractivity (Wildman–Crippen MR) is 120 cm³/mol. The van der Waals surface area contributed by atoms with Crippen LogP contribution in [-0.2, 0) is 11.3 Å². The van der Waals surface area contributed by atoms with Gasteiger partial charge in [0.05, 0.1) is 11.9 Å². The molecular weight excluding hydrogens is 422 g/mol. The molecule has 0 aliphatic heterocycles. The maximum atomic E-state index is 11.5. The van der Waals surface area contributed by atoms with E-state index in [9.17, 15) is 4.79 Å². The van der Waals surface area contributed by atoms with E-state index in [1.807, 2.05) is 66.7 Å². The summed E-state index contributed by atoms with van der Waals surface area (Å²) in [6.07, 6.45) is 6.73. The summed E-state index contributed by atoms with van der Waals surface area (Å²) in [5, 5.41) is 17.3. The molecule has 0 saturated heterocycles. The average Bonchev–Trinajstić information content (AvgIpc) is 3.58. The van der Waals surface area contributed by atoms with Crippen LogP contribution >= 0.6 is 0 Å². The number of aldehydes is 1. The largest absolute Gasteiger partial charge is 0.496 e. The summed E-state index contributed by atoms with van der Waals surface area (Å²) in [4.78, 5) is 13.0. The second kappa shape index (κ2) is 9.15. The van der Waals surface area contributed by atoms with Crippen LogP contribution in [0.5, 0.6) is 0 Å². The lowest BCUT2D eigenvalue weighted by Gasteiger charge is -2.15. The molecule has 33 heavy (non-hydrogen) atoms. The molecule has 0 bridgehead atoms. The molecule has 0 radical (unpaired) electrons. The van der Waals surface area contributed by atoms with Crippen molar-refractivity contribution in [1.82, 2.24) is 20.4 Å². The van der Waals surface area contributed by atoms with Crippen molar-refractivity contribution in [3.8, 4) is 0 Å². The third-order valence-corrected chi connectivity index (χ3v) is 4.96. The second-order valence-electron chi connectivity index (χ2n) is 7.00. The van der Waals surface area contributed by atoms with Gasteiger partial charge in [-0.05, 0) is 46.7 Å². The van der Waals surface area contributed by atoms with Gasteiger partial charge in [0.25, 0.3) is 0 Å². The highest BCUT2D eigenvalue weighted by atomic mass is 16.5. The van der Waals surface area contributed by atoms with Crippen LogP contribution in [0.25, 0.3) is 16.8 Å². The third-order valence-electron chi connectivity index (χ3n) is 4.96. The van der Waals surface area contributed by atoms with Gasteiger partial charge in [-0.3, -0.25) is 4.79 Å². The van der Waals surface area contributed by atoms with Crippen LogP contribution in [0.1, 0.15) is 21.5 Å². The molecule has 0 atom stereocenters. The molecule has 2 aromatic heterocycles. The van der Waals surface area contributed by atoms with E-state index in [1.165, 1.54) is 12.8 Å². The highest BCUT2D eigenvalue weighted by molar-refractivity contribution is 5.90. The van der Waals surface area contributed by atoms with E-state index in [1.54, 1.807) is 11.2 Å². The number of carbonyl (C=O) groups excluding carboxylic acids is 1. The van der Waals surface area contributed by atoms with Crippen molar-refractivity contribution in [1.29, 1.82) is 0 Å². The normalized spacial score (nSPS) is 11.2. The zero-order valence-corrected chi connectivity index (χ0v) is 17.2. The monoisotopic (exact) mass is 439 g/mol. The van der Waals surface area contributed by atoms with E-state index < -0.39 is 0 Å². The van der Waals surface area contributed by atoms with E-state index in [2.05, 4.69) is 20.4 Å². The van der Waals surface area contributed by atoms with Crippen LogP contribution in [0.4, 0.5) is 17.7 Å². The summed E-state index contributed by atoms with van der Waals surface area (Å²) in [7, 11) is 0. The van der Waals surface area contributed by atoms with E-state index in [0.29, 0.717) is 11.3 Å². The molecule has 2 heterocycles. The van der Waals surface area contributed by atoms with E-state index >= 15 is 0 Å². The number of hydrogen-bond acceptors (Lipinski definition) is 9. The molecule has 0 spiro atoms. The molecule has 0 N–H and O–H groups in total. The number of anilines is 3. The molecular formula is C24H17N5O4. The first-order valence-electron chi connectivity index (χ1n) is 9.99. The van der Waals surface area contributed by atoms with Gasteiger partial charge in [-0.15, -0.1) is 10.2 Å². The van der Waals surface area contributed by atoms with E-state index in [4.69, 9.17) is 13.6 Å². The summed E-state index contributed by atoms with van der Waals surface area (Å²) in [5.41, 5.74) is 3.06. The van der Waals surface area contributed by atoms with Gasteiger partial charge in [-0.1, -0.05) is 46.6 Å². The van der Waals surface area contributed by atoms with Gasteiger partial charge in [0.1, 0.15) is 12.9 Å². The molecule has 9 nitrogen and oxygen atoms in total. The summed E-state index contributed by atoms with van der Waals surface area (Å²) in [6.45, 7) is 0.287. The van der Waals surface area contributed by atoms with Crippen LogP contribution in [0.15, 0.2) is 88.5 Å². The fourth-order valence-electron chi connectivity index (χ4n) is 3.37. The minimum Gasteiger partial charge on any atom is -0.496 e. The molecule has 0 amide bonds. The first-order valence-corrected chi connectivity index (χ1v) is 9.99. The van der Waals surface area contributed by atoms with Crippen LogP contribution in [0.3, 0.4) is 0 Å². The topological polar surface area (TPSA) is 107 Å². The lowest BCUT2D eigenvalue weighted by Crippen LogP contribution is -2.10. The van der Waals surface area contributed by atoms with Crippen molar-refractivity contribution in [2.45, 2.75) is 6.61 Å². The molecule has 162 valence electrons. The summed E-state index contributed by atoms with van der Waals surface area (Å²) < 4.78 is 16.3. The fraction of sp³-hybridized carbons (Fsp3) is 0.0417. The Morgan fingerprint density at radius 3 is 2.15 bits per heavy atom. The molecule has 0 unspecified atom stereocenters. The number of hydrogen-bond donors (Lipinski definition) is 0. The highest BCUT2D eigenvalue weighted by Gasteiger charge is 2.21. The molecule has 3 aromatic carbocycles. The van der Waals surface area contributed by atoms with Crippen LogP contribution in [-0.4, -0.2) is 26.7 Å². The minimum atomic E-state index is 0.201. The molecule has 0 aliphatic carbocycles. The Kier molecular flexibility index (Phi) is 5.58. The van der Waals surface area contributed by atoms with Gasteiger partial charge < -0.3 is 13.6 Å². The van der Waals surface area contributed by atoms with Crippen LogP contribution in [0, 0.1) is 0 Å². The van der Waals surface area contributed by atoms with Crippen molar-refractivity contribution in [2.75, 3.05) is 4.90 Å². The first-order chi connectivity index (χ1) is 16.3. The smallest absolute Gasteiger partial charge is 0.331 e. The van der Waals surface area contributed by atoms with Crippen molar-refractivity contribution in [2.24, 2.45) is 0 Å². The standard InChI is InChI=1S/C24H17N5O4/c30-13-20-11-18-3-1-2-4-19(18)12-21(20)14-31-10-9-17-5-7-22(8-6-17)29(23-27-25-15-32-23)24-28-26-16-33-24/h1-13,15-16H,14H2. The number of ether oxygens (including phenoxy) is 1. The Hall–Kier alpha value is -4.79. The number of rotatable bonds is 8. The van der Waals surface area contributed by atoms with Crippen molar-refractivity contribution < 1.29 is 18.4 Å². The first kappa shape index (κ1) is 20.1. The maximum Gasteiger partial charge on any atom is 0.331 e. The summed E-state index contributed by atoms with van der Waals surface area (Å²) >= 11 is 0. The number of aromatic nitrogens is 4. The summed E-state index contributed by atoms with van der Waals surface area (Å²) in [6, 6.07) is 19.6. The maximum absolute atomic E-state index is 11.5. The molecule has 0 aliphatic rings. The van der Waals surface area contributed by atoms with E-state index in [-0.39, 0.29) is 18.6 Å². The number of benzene rings is 3. The van der Waals surface area contributed by atoms with Gasteiger partial charge in [0, 0.05) is 11.1 Å². The Labute approximate surface area is 187 Å². The van der Waals surface area contributed by atoms with Gasteiger partial charge in [0.2, 0.25) is 12.8 Å². The summed E-state index contributed by atoms with van der Waals surface area (Å²) in [5.74, 6) is 0. The Morgan fingerprint density at radius 1 is 0.879 bits per heavy atom. The molecule has 5 aromatic rings. The number of nitrogens with zero attached hydrogens (tertiary/aromatic N) is 5. The second-order valence-corrected chi connectivity index (χ2v) is 7.00. The van der Waals surface area contributed by atoms with Crippen LogP contribution in [0.2, 0.25) is 0 Å². The molecule has 0 saturated carbocycles. The Morgan fingerprint density at radius 2 is 1.55 bits per heavy atom. The quantitative estimate of drug-likeness (QED) is 0.242. The van der Waals surface area contributed by atoms with E-state index in [0.717, 1.165) is 28.2 Å². The Balaban J connectivity index is 1.28. The average molecular weight is 439 g/mol. The zero-order valence-electron chi connectivity index (χ0n) is 17.2.